The average Bonchev–Trinajstić information content (AvgIpc) is 2.33. The first-order chi connectivity index (χ1) is 9.97. The highest BCUT2D eigenvalue weighted by Crippen LogP contribution is 2.49. The van der Waals surface area contributed by atoms with Crippen molar-refractivity contribution in [3.05, 3.63) is 12.2 Å². The molecule has 0 aliphatic carbocycles. The van der Waals surface area contributed by atoms with Crippen molar-refractivity contribution in [1.82, 2.24) is 0 Å². The largest absolute Gasteiger partial charge is 0.475 e. The molecule has 0 saturated carbocycles. The Morgan fingerprint density at radius 3 is 2.00 bits per heavy atom. The van der Waals surface area contributed by atoms with Crippen LogP contribution in [0.25, 0.3) is 0 Å². The van der Waals surface area contributed by atoms with E-state index in [4.69, 9.17) is 18.0 Å². The van der Waals surface area contributed by atoms with Crippen LogP contribution < -0.4 is 0 Å². The molecular weight excluding hydrogens is 319 g/mol. The van der Waals surface area contributed by atoms with Crippen molar-refractivity contribution in [2.24, 2.45) is 0 Å². The van der Waals surface area contributed by atoms with Crippen molar-refractivity contribution in [1.29, 1.82) is 0 Å². The fourth-order valence-electron chi connectivity index (χ4n) is 1.49. The van der Waals surface area contributed by atoms with E-state index < -0.39 is 16.1 Å². The van der Waals surface area contributed by atoms with Crippen molar-refractivity contribution in [2.45, 2.75) is 65.8 Å². The minimum Gasteiger partial charge on any atom is -0.411 e. The molecule has 5 nitrogen and oxygen atoms in total. The second-order valence-corrected chi connectivity index (χ2v) is 13.0. The van der Waals surface area contributed by atoms with Gasteiger partial charge >= 0.3 is 7.82 Å². The van der Waals surface area contributed by atoms with E-state index in [-0.39, 0.29) is 31.0 Å². The van der Waals surface area contributed by atoms with Crippen LogP contribution in [0.5, 0.6) is 0 Å². The summed E-state index contributed by atoms with van der Waals surface area (Å²) < 4.78 is 33.6. The fraction of sp³-hybridized carbons (Fsp3) is 0.867. The Morgan fingerprint density at radius 2 is 1.59 bits per heavy atom. The normalized spacial score (nSPS) is 15.5. The maximum absolute atomic E-state index is 12.1. The molecule has 22 heavy (non-hydrogen) atoms. The molecule has 0 heterocycles. The lowest BCUT2D eigenvalue weighted by Crippen LogP contribution is -2.42. The van der Waals surface area contributed by atoms with E-state index in [1.165, 1.54) is 0 Å². The summed E-state index contributed by atoms with van der Waals surface area (Å²) in [5, 5.41) is 0.172. The van der Waals surface area contributed by atoms with Crippen LogP contribution in [0.2, 0.25) is 18.1 Å². The lowest BCUT2D eigenvalue weighted by atomic mass is 10.2. The second kappa shape index (κ2) is 9.35. The van der Waals surface area contributed by atoms with Gasteiger partial charge in [0.2, 0.25) is 0 Å². The van der Waals surface area contributed by atoms with Gasteiger partial charge in [0.15, 0.2) is 8.32 Å². The van der Waals surface area contributed by atoms with Gasteiger partial charge in [-0.15, -0.1) is 0 Å². The number of phosphoric acid groups is 1. The van der Waals surface area contributed by atoms with Gasteiger partial charge in [-0.1, -0.05) is 32.9 Å². The number of hydrogen-bond donors (Lipinski definition) is 0. The zero-order valence-electron chi connectivity index (χ0n) is 15.3. The van der Waals surface area contributed by atoms with Crippen molar-refractivity contribution in [3.63, 3.8) is 0 Å². The molecule has 1 unspecified atom stereocenters. The molecular formula is C15H33O5PSi. The van der Waals surface area contributed by atoms with Gasteiger partial charge in [-0.05, 0) is 38.9 Å². The number of phosphoric ester groups is 1. The van der Waals surface area contributed by atoms with Gasteiger partial charge < -0.3 is 4.43 Å². The molecule has 0 aliphatic rings. The molecule has 0 aromatic heterocycles. The number of rotatable bonds is 10. The standard InChI is InChI=1S/C15H33O5PSi/c1-9-17-21(16,18-10-2)19-13-11-12-14(3)20-22(7,8)15(4,5)6/h11-12,14H,9-10,13H2,1-8H3/b12-11+. The summed E-state index contributed by atoms with van der Waals surface area (Å²) in [5.41, 5.74) is 0. The Labute approximate surface area is 137 Å². The van der Waals surface area contributed by atoms with Crippen molar-refractivity contribution in [3.8, 4) is 0 Å². The lowest BCUT2D eigenvalue weighted by molar-refractivity contribution is 0.130. The van der Waals surface area contributed by atoms with Crippen LogP contribution in [-0.4, -0.2) is 34.2 Å². The molecule has 0 fully saturated rings. The summed E-state index contributed by atoms with van der Waals surface area (Å²) in [7, 11) is -5.22. The first-order valence-electron chi connectivity index (χ1n) is 7.85. The minimum atomic E-state index is -3.43. The highest BCUT2D eigenvalue weighted by Gasteiger charge is 2.38. The molecule has 0 N–H and O–H groups in total. The third kappa shape index (κ3) is 8.04. The zero-order chi connectivity index (χ0) is 17.4. The molecule has 0 saturated heterocycles. The lowest BCUT2D eigenvalue weighted by Gasteiger charge is -2.37. The topological polar surface area (TPSA) is 54.0 Å². The van der Waals surface area contributed by atoms with E-state index in [2.05, 4.69) is 33.9 Å². The van der Waals surface area contributed by atoms with Gasteiger partial charge in [-0.2, -0.15) is 0 Å². The van der Waals surface area contributed by atoms with Gasteiger partial charge in [-0.3, -0.25) is 13.6 Å². The van der Waals surface area contributed by atoms with Crippen LogP contribution in [0.4, 0.5) is 0 Å². The van der Waals surface area contributed by atoms with Crippen LogP contribution in [0, 0.1) is 0 Å². The second-order valence-electron chi connectivity index (χ2n) is 6.59. The van der Waals surface area contributed by atoms with E-state index in [0.717, 1.165) is 0 Å². The summed E-state index contributed by atoms with van der Waals surface area (Å²) in [6, 6.07) is 0. The quantitative estimate of drug-likeness (QED) is 0.309. The molecule has 0 amide bonds. The highest BCUT2D eigenvalue weighted by atomic mass is 31.2. The minimum absolute atomic E-state index is 0.0111. The monoisotopic (exact) mass is 352 g/mol. The molecule has 0 aliphatic heterocycles. The van der Waals surface area contributed by atoms with Crippen LogP contribution in [0.3, 0.4) is 0 Å². The average molecular weight is 352 g/mol. The maximum Gasteiger partial charge on any atom is 0.475 e. The van der Waals surface area contributed by atoms with E-state index in [9.17, 15) is 4.57 Å². The predicted octanol–water partition coefficient (Wildman–Crippen LogP) is 5.15. The molecule has 1 atom stereocenters. The van der Waals surface area contributed by atoms with Gasteiger partial charge in [-0.25, -0.2) is 4.57 Å². The van der Waals surface area contributed by atoms with Crippen LogP contribution in [-0.2, 0) is 22.6 Å². The Bertz CT molecular complexity index is 380. The first kappa shape index (κ1) is 22.0. The molecule has 0 spiro atoms. The van der Waals surface area contributed by atoms with Crippen LogP contribution in [0.15, 0.2) is 12.2 Å². The van der Waals surface area contributed by atoms with E-state index in [0.29, 0.717) is 0 Å². The summed E-state index contributed by atoms with van der Waals surface area (Å²) >= 11 is 0. The van der Waals surface area contributed by atoms with Crippen molar-refractivity contribution < 1.29 is 22.6 Å². The molecule has 0 rings (SSSR count). The van der Waals surface area contributed by atoms with E-state index in [1.807, 2.05) is 13.0 Å². The highest BCUT2D eigenvalue weighted by molar-refractivity contribution is 7.48. The van der Waals surface area contributed by atoms with Crippen LogP contribution in [0.1, 0.15) is 41.5 Å². The molecule has 0 radical (unpaired) electrons. The molecule has 0 aromatic carbocycles. The third-order valence-electron chi connectivity index (χ3n) is 3.60. The fourth-order valence-corrected chi connectivity index (χ4v) is 3.98. The van der Waals surface area contributed by atoms with E-state index in [1.54, 1.807) is 19.9 Å². The SMILES string of the molecule is CCOP(=O)(OCC)OC/C=C/C(C)O[Si](C)(C)C(C)(C)C. The summed E-state index contributed by atoms with van der Waals surface area (Å²) in [5.74, 6) is 0. The zero-order valence-corrected chi connectivity index (χ0v) is 17.2. The Morgan fingerprint density at radius 1 is 1.09 bits per heavy atom. The Hall–Kier alpha value is 0.0269. The Balaban J connectivity index is 4.41. The van der Waals surface area contributed by atoms with Crippen molar-refractivity contribution >= 4 is 16.1 Å². The van der Waals surface area contributed by atoms with Gasteiger partial charge in [0.05, 0.1) is 25.9 Å². The van der Waals surface area contributed by atoms with Gasteiger partial charge in [0.25, 0.3) is 0 Å². The summed E-state index contributed by atoms with van der Waals surface area (Å²) in [4.78, 5) is 0. The van der Waals surface area contributed by atoms with Crippen LogP contribution >= 0.6 is 7.82 Å². The maximum atomic E-state index is 12.1. The van der Waals surface area contributed by atoms with Crippen molar-refractivity contribution in [2.75, 3.05) is 19.8 Å². The van der Waals surface area contributed by atoms with Gasteiger partial charge in [0.1, 0.15) is 0 Å². The molecule has 132 valence electrons. The molecule has 0 bridgehead atoms. The molecule has 0 aromatic rings. The summed E-state index contributed by atoms with van der Waals surface area (Å²) in [6.07, 6.45) is 3.70. The van der Waals surface area contributed by atoms with E-state index >= 15 is 0 Å². The van der Waals surface area contributed by atoms with Gasteiger partial charge in [0, 0.05) is 0 Å². The first-order valence-corrected chi connectivity index (χ1v) is 12.2. The smallest absolute Gasteiger partial charge is 0.411 e. The number of hydrogen-bond acceptors (Lipinski definition) is 5. The Kier molecular flexibility index (Phi) is 9.37. The summed E-state index contributed by atoms with van der Waals surface area (Å²) in [6.45, 7) is 17.3. The molecule has 7 heteroatoms. The predicted molar refractivity (Wildman–Crippen MR) is 93.7 cm³/mol. The third-order valence-corrected chi connectivity index (χ3v) is 9.78.